The molecule has 1 fully saturated rings. The van der Waals surface area contributed by atoms with Crippen LogP contribution in [0, 0.1) is 6.92 Å². The molecule has 0 spiro atoms. The highest BCUT2D eigenvalue weighted by Crippen LogP contribution is 2.23. The quantitative estimate of drug-likeness (QED) is 0.833. The highest BCUT2D eigenvalue weighted by Gasteiger charge is 2.37. The first-order valence-corrected chi connectivity index (χ1v) is 7.49. The van der Waals surface area contributed by atoms with Gasteiger partial charge in [0.25, 0.3) is 5.91 Å². The molecule has 1 aromatic rings. The Morgan fingerprint density at radius 3 is 2.57 bits per heavy atom. The zero-order valence-corrected chi connectivity index (χ0v) is 12.9. The van der Waals surface area contributed by atoms with E-state index in [1.165, 1.54) is 0 Å². The van der Waals surface area contributed by atoms with E-state index in [2.05, 4.69) is 0 Å². The molecule has 7 heteroatoms. The van der Waals surface area contributed by atoms with Gasteiger partial charge in [-0.1, -0.05) is 18.2 Å². The number of carbonyl (C=O) groups is 1. The highest BCUT2D eigenvalue weighted by atomic mass is 19.4. The lowest BCUT2D eigenvalue weighted by atomic mass is 10.1. The molecule has 1 amide bonds. The van der Waals surface area contributed by atoms with Crippen molar-refractivity contribution in [2.24, 2.45) is 0 Å². The van der Waals surface area contributed by atoms with Crippen LogP contribution in [0.25, 0.3) is 0 Å². The Labute approximate surface area is 133 Å². The van der Waals surface area contributed by atoms with E-state index in [1.807, 2.05) is 19.1 Å². The van der Waals surface area contributed by atoms with E-state index in [0.717, 1.165) is 10.5 Å². The number of halogens is 3. The van der Waals surface area contributed by atoms with Gasteiger partial charge in [0.1, 0.15) is 12.3 Å². The fourth-order valence-electron chi connectivity index (χ4n) is 2.55. The zero-order valence-electron chi connectivity index (χ0n) is 12.9. The van der Waals surface area contributed by atoms with Crippen molar-refractivity contribution in [1.82, 2.24) is 4.90 Å². The highest BCUT2D eigenvalue weighted by molar-refractivity contribution is 5.78. The number of hydrogen-bond acceptors (Lipinski definition) is 3. The first-order valence-electron chi connectivity index (χ1n) is 7.49. The van der Waals surface area contributed by atoms with E-state index >= 15 is 0 Å². The van der Waals surface area contributed by atoms with Gasteiger partial charge in [-0.3, -0.25) is 4.79 Å². The van der Waals surface area contributed by atoms with Gasteiger partial charge < -0.3 is 14.4 Å². The summed E-state index contributed by atoms with van der Waals surface area (Å²) in [5, 5.41) is 0. The van der Waals surface area contributed by atoms with Crippen molar-refractivity contribution in [1.29, 1.82) is 0 Å². The summed E-state index contributed by atoms with van der Waals surface area (Å²) in [6.45, 7) is 0.883. The third kappa shape index (κ3) is 5.42. The van der Waals surface area contributed by atoms with Gasteiger partial charge >= 0.3 is 6.18 Å². The van der Waals surface area contributed by atoms with Crippen LogP contribution in [0.3, 0.4) is 0 Å². The summed E-state index contributed by atoms with van der Waals surface area (Å²) >= 11 is 0. The molecule has 1 aromatic carbocycles. The number of carbonyl (C=O) groups excluding carboxylic acids is 1. The predicted molar refractivity (Wildman–Crippen MR) is 78.3 cm³/mol. The summed E-state index contributed by atoms with van der Waals surface area (Å²) in [6.07, 6.45) is -3.62. The van der Waals surface area contributed by atoms with Gasteiger partial charge in [0.15, 0.2) is 6.61 Å². The molecule has 128 valence electrons. The first-order chi connectivity index (χ1) is 10.9. The third-order valence-corrected chi connectivity index (χ3v) is 3.75. The number of hydrogen-bond donors (Lipinski definition) is 0. The van der Waals surface area contributed by atoms with E-state index < -0.39 is 31.3 Å². The van der Waals surface area contributed by atoms with Gasteiger partial charge in [-0.2, -0.15) is 13.2 Å². The Hall–Kier alpha value is -1.76. The van der Waals surface area contributed by atoms with Crippen molar-refractivity contribution in [2.45, 2.75) is 32.0 Å². The largest absolute Gasteiger partial charge is 0.484 e. The topological polar surface area (TPSA) is 38.8 Å². The fraction of sp³-hybridized carbons (Fsp3) is 0.562. The molecule has 2 rings (SSSR count). The average molecular weight is 331 g/mol. The molecule has 0 saturated carbocycles. The summed E-state index contributed by atoms with van der Waals surface area (Å²) in [4.78, 5) is 13.1. The molecule has 0 N–H and O–H groups in total. The average Bonchev–Trinajstić information content (AvgIpc) is 2.51. The van der Waals surface area contributed by atoms with Crippen LogP contribution in [0.2, 0.25) is 0 Å². The number of rotatable bonds is 5. The van der Waals surface area contributed by atoms with Crippen LogP contribution in [-0.2, 0) is 9.53 Å². The Kier molecular flexibility index (Phi) is 5.87. The Bertz CT molecular complexity index is 528. The second-order valence-electron chi connectivity index (χ2n) is 5.53. The van der Waals surface area contributed by atoms with Crippen molar-refractivity contribution in [3.05, 3.63) is 29.8 Å². The number of para-hydroxylation sites is 1. The van der Waals surface area contributed by atoms with Crippen LogP contribution in [0.5, 0.6) is 5.75 Å². The van der Waals surface area contributed by atoms with Crippen molar-refractivity contribution < 1.29 is 27.4 Å². The van der Waals surface area contributed by atoms with Crippen LogP contribution in [0.4, 0.5) is 13.2 Å². The van der Waals surface area contributed by atoms with Gasteiger partial charge in [0, 0.05) is 19.3 Å². The Morgan fingerprint density at radius 1 is 1.30 bits per heavy atom. The van der Waals surface area contributed by atoms with E-state index in [4.69, 9.17) is 9.47 Å². The zero-order chi connectivity index (χ0) is 16.9. The van der Waals surface area contributed by atoms with E-state index in [-0.39, 0.29) is 0 Å². The monoisotopic (exact) mass is 331 g/mol. The molecular formula is C16H20F3NO3. The summed E-state index contributed by atoms with van der Waals surface area (Å²) in [6, 6.07) is 6.61. The van der Waals surface area contributed by atoms with Crippen LogP contribution in [0.1, 0.15) is 18.4 Å². The normalized spacial score (nSPS) is 16.2. The molecule has 1 aliphatic heterocycles. The molecule has 1 saturated heterocycles. The minimum absolute atomic E-state index is 0.366. The summed E-state index contributed by atoms with van der Waals surface area (Å²) in [5.74, 6) is -0.155. The SMILES string of the molecule is Cc1ccccc1OCC(=O)N(CC(F)(F)F)C1CCOCC1. The lowest BCUT2D eigenvalue weighted by Gasteiger charge is -2.34. The molecular weight excluding hydrogens is 311 g/mol. The third-order valence-electron chi connectivity index (χ3n) is 3.75. The van der Waals surface area contributed by atoms with Crippen molar-refractivity contribution >= 4 is 5.91 Å². The van der Waals surface area contributed by atoms with E-state index in [0.29, 0.717) is 31.8 Å². The van der Waals surface area contributed by atoms with Crippen LogP contribution in [0.15, 0.2) is 24.3 Å². The second kappa shape index (κ2) is 7.68. The lowest BCUT2D eigenvalue weighted by Crippen LogP contribution is -2.49. The Morgan fingerprint density at radius 2 is 1.96 bits per heavy atom. The minimum atomic E-state index is -4.43. The maximum absolute atomic E-state index is 12.8. The molecule has 0 bridgehead atoms. The smallest absolute Gasteiger partial charge is 0.406 e. The van der Waals surface area contributed by atoms with Crippen molar-refractivity contribution in [3.63, 3.8) is 0 Å². The minimum Gasteiger partial charge on any atom is -0.484 e. The van der Waals surface area contributed by atoms with Gasteiger partial charge in [-0.25, -0.2) is 0 Å². The summed E-state index contributed by atoms with van der Waals surface area (Å²) < 4.78 is 48.9. The van der Waals surface area contributed by atoms with Crippen molar-refractivity contribution in [2.75, 3.05) is 26.4 Å². The molecule has 4 nitrogen and oxygen atoms in total. The maximum atomic E-state index is 12.8. The van der Waals surface area contributed by atoms with E-state index in [9.17, 15) is 18.0 Å². The molecule has 0 atom stereocenters. The van der Waals surface area contributed by atoms with Crippen LogP contribution < -0.4 is 4.74 Å². The molecule has 23 heavy (non-hydrogen) atoms. The predicted octanol–water partition coefficient (Wildman–Crippen LogP) is 2.94. The maximum Gasteiger partial charge on any atom is 0.406 e. The van der Waals surface area contributed by atoms with Gasteiger partial charge in [0.2, 0.25) is 0 Å². The van der Waals surface area contributed by atoms with Gasteiger partial charge in [-0.05, 0) is 31.4 Å². The molecule has 0 unspecified atom stereocenters. The number of alkyl halides is 3. The van der Waals surface area contributed by atoms with Gasteiger partial charge in [0.05, 0.1) is 0 Å². The molecule has 0 aliphatic carbocycles. The summed E-state index contributed by atoms with van der Waals surface area (Å²) in [7, 11) is 0. The number of amides is 1. The summed E-state index contributed by atoms with van der Waals surface area (Å²) in [5.41, 5.74) is 0.828. The molecule has 0 radical (unpaired) electrons. The van der Waals surface area contributed by atoms with E-state index in [1.54, 1.807) is 12.1 Å². The fourth-order valence-corrected chi connectivity index (χ4v) is 2.55. The van der Waals surface area contributed by atoms with Gasteiger partial charge in [-0.15, -0.1) is 0 Å². The van der Waals surface area contributed by atoms with Crippen LogP contribution >= 0.6 is 0 Å². The standard InChI is InChI=1S/C16H20F3NO3/c1-12-4-2-3-5-14(12)23-10-15(21)20(11-16(17,18)19)13-6-8-22-9-7-13/h2-5,13H,6-11H2,1H3. The number of benzene rings is 1. The Balaban J connectivity index is 2.02. The number of ether oxygens (including phenoxy) is 2. The molecule has 0 aromatic heterocycles. The molecule has 1 heterocycles. The molecule has 1 aliphatic rings. The van der Waals surface area contributed by atoms with Crippen LogP contribution in [-0.4, -0.2) is 49.4 Å². The first kappa shape index (κ1) is 17.6. The number of nitrogens with zero attached hydrogens (tertiary/aromatic N) is 1. The van der Waals surface area contributed by atoms with Crippen molar-refractivity contribution in [3.8, 4) is 5.75 Å². The number of aryl methyl sites for hydroxylation is 1. The second-order valence-corrected chi connectivity index (χ2v) is 5.53. The lowest BCUT2D eigenvalue weighted by molar-refractivity contribution is -0.170.